The summed E-state index contributed by atoms with van der Waals surface area (Å²) in [5, 5.41) is 0. The first-order valence-corrected chi connectivity index (χ1v) is 4.71. The second kappa shape index (κ2) is 3.02. The van der Waals surface area contributed by atoms with Crippen molar-refractivity contribution in [3.8, 4) is 0 Å². The van der Waals surface area contributed by atoms with Crippen LogP contribution in [-0.4, -0.2) is 12.9 Å². The van der Waals surface area contributed by atoms with Crippen LogP contribution >= 0.6 is 0 Å². The predicted octanol–water partition coefficient (Wildman–Crippen LogP) is 2.02. The first kappa shape index (κ1) is 8.55. The van der Waals surface area contributed by atoms with Crippen LogP contribution in [0.3, 0.4) is 0 Å². The van der Waals surface area contributed by atoms with Gasteiger partial charge in [0.25, 0.3) is 0 Å². The lowest BCUT2D eigenvalue weighted by Crippen LogP contribution is -2.21. The molecule has 0 atom stereocenters. The molecule has 1 radical (unpaired) electrons. The maximum Gasteiger partial charge on any atom is 0.214 e. The van der Waals surface area contributed by atoms with Gasteiger partial charge in [-0.05, 0) is 24.0 Å². The molecule has 1 aromatic rings. The van der Waals surface area contributed by atoms with E-state index in [0.29, 0.717) is 5.92 Å². The minimum atomic E-state index is 0.520. The van der Waals surface area contributed by atoms with Gasteiger partial charge in [-0.3, -0.25) is 4.99 Å². The van der Waals surface area contributed by atoms with Crippen LogP contribution in [0, 0.1) is 12.8 Å². The normalized spacial score (nSPS) is 14.0. The number of nitrogens with zero attached hydrogens (tertiary/aromatic N) is 1. The number of hydrogen-bond acceptors (Lipinski definition) is 1. The Morgan fingerprint density at radius 3 is 2.69 bits per heavy atom. The summed E-state index contributed by atoms with van der Waals surface area (Å²) in [6.45, 7) is 6.46. The van der Waals surface area contributed by atoms with Gasteiger partial charge in [0.15, 0.2) is 0 Å². The summed E-state index contributed by atoms with van der Waals surface area (Å²) in [6, 6.07) is 6.32. The second-order valence-electron chi connectivity index (χ2n) is 3.85. The van der Waals surface area contributed by atoms with Crippen LogP contribution in [0.4, 0.5) is 5.69 Å². The molecule has 0 amide bonds. The van der Waals surface area contributed by atoms with Crippen molar-refractivity contribution in [2.45, 2.75) is 20.8 Å². The molecule has 1 aliphatic heterocycles. The summed E-state index contributed by atoms with van der Waals surface area (Å²) in [6.07, 6.45) is 0. The lowest BCUT2D eigenvalue weighted by atomic mass is 9.64. The average Bonchev–Trinajstić information content (AvgIpc) is 2.49. The standard InChI is InChI=1S/C11H13BN/c1-7(2)11-12-9-6-4-5-8(3)10(9)13-11/h4-7H,1-3H3. The third-order valence-electron chi connectivity index (χ3n) is 2.40. The van der Waals surface area contributed by atoms with E-state index in [-0.39, 0.29) is 0 Å². The van der Waals surface area contributed by atoms with Gasteiger partial charge in [-0.25, -0.2) is 0 Å². The van der Waals surface area contributed by atoms with Crippen molar-refractivity contribution >= 4 is 24.0 Å². The third-order valence-corrected chi connectivity index (χ3v) is 2.40. The molecular weight excluding hydrogens is 157 g/mol. The zero-order valence-corrected chi connectivity index (χ0v) is 8.33. The van der Waals surface area contributed by atoms with E-state index in [2.05, 4.69) is 51.2 Å². The van der Waals surface area contributed by atoms with Gasteiger partial charge in [0.05, 0.1) is 5.69 Å². The minimum absolute atomic E-state index is 0.520. The van der Waals surface area contributed by atoms with Gasteiger partial charge >= 0.3 is 0 Å². The van der Waals surface area contributed by atoms with Gasteiger partial charge in [0.2, 0.25) is 7.28 Å². The zero-order valence-electron chi connectivity index (χ0n) is 8.33. The highest BCUT2D eigenvalue weighted by Crippen LogP contribution is 2.21. The maximum absolute atomic E-state index is 4.61. The Hall–Kier alpha value is -1.05. The van der Waals surface area contributed by atoms with Crippen molar-refractivity contribution in [2.24, 2.45) is 10.9 Å². The van der Waals surface area contributed by atoms with Gasteiger partial charge in [-0.15, -0.1) is 0 Å². The third kappa shape index (κ3) is 1.41. The molecule has 1 aliphatic rings. The summed E-state index contributed by atoms with van der Waals surface area (Å²) >= 11 is 0. The molecule has 1 nitrogen and oxygen atoms in total. The van der Waals surface area contributed by atoms with Crippen molar-refractivity contribution in [1.82, 2.24) is 0 Å². The number of para-hydroxylation sites is 1. The van der Waals surface area contributed by atoms with Gasteiger partial charge in [-0.1, -0.05) is 37.5 Å². The average molecular weight is 170 g/mol. The first-order valence-electron chi connectivity index (χ1n) is 4.71. The lowest BCUT2D eigenvalue weighted by Gasteiger charge is -2.00. The number of hydrogen-bond donors (Lipinski definition) is 0. The molecular formula is C11H13BN. The quantitative estimate of drug-likeness (QED) is 0.571. The highest BCUT2D eigenvalue weighted by atomic mass is 14.8. The van der Waals surface area contributed by atoms with Crippen LogP contribution in [0.2, 0.25) is 0 Å². The second-order valence-corrected chi connectivity index (χ2v) is 3.85. The van der Waals surface area contributed by atoms with Crippen molar-refractivity contribution in [2.75, 3.05) is 0 Å². The van der Waals surface area contributed by atoms with E-state index >= 15 is 0 Å². The Morgan fingerprint density at radius 2 is 2.08 bits per heavy atom. The minimum Gasteiger partial charge on any atom is -0.268 e. The predicted molar refractivity (Wildman–Crippen MR) is 58.5 cm³/mol. The van der Waals surface area contributed by atoms with Crippen molar-refractivity contribution in [3.05, 3.63) is 23.8 Å². The number of aryl methyl sites for hydroxylation is 1. The summed E-state index contributed by atoms with van der Waals surface area (Å²) in [5.74, 6) is 0.520. The number of rotatable bonds is 1. The van der Waals surface area contributed by atoms with Crippen molar-refractivity contribution in [1.29, 1.82) is 0 Å². The van der Waals surface area contributed by atoms with E-state index < -0.39 is 0 Å². The van der Waals surface area contributed by atoms with Gasteiger partial charge in [0.1, 0.15) is 0 Å². The van der Waals surface area contributed by atoms with Gasteiger partial charge < -0.3 is 0 Å². The van der Waals surface area contributed by atoms with Crippen LogP contribution in [0.25, 0.3) is 0 Å². The highest BCUT2D eigenvalue weighted by molar-refractivity contribution is 6.88. The van der Waals surface area contributed by atoms with Crippen LogP contribution in [0.15, 0.2) is 23.2 Å². The van der Waals surface area contributed by atoms with Crippen LogP contribution in [-0.2, 0) is 0 Å². The Balaban J connectivity index is 2.43. The molecule has 0 spiro atoms. The fourth-order valence-electron chi connectivity index (χ4n) is 1.57. The van der Waals surface area contributed by atoms with Crippen molar-refractivity contribution in [3.63, 3.8) is 0 Å². The van der Waals surface area contributed by atoms with Crippen LogP contribution in [0.5, 0.6) is 0 Å². The van der Waals surface area contributed by atoms with E-state index in [9.17, 15) is 0 Å². The Labute approximate surface area is 80.1 Å². The summed E-state index contributed by atoms with van der Waals surface area (Å²) in [7, 11) is 2.19. The molecule has 0 bridgehead atoms. The SMILES string of the molecule is Cc1cccc2c1N=C(C(C)C)[B]2. The smallest absolute Gasteiger partial charge is 0.214 e. The lowest BCUT2D eigenvalue weighted by molar-refractivity contribution is 0.899. The van der Waals surface area contributed by atoms with E-state index in [1.54, 1.807) is 0 Å². The molecule has 0 fully saturated rings. The molecule has 0 N–H and O–H groups in total. The molecule has 1 aromatic carbocycles. The molecule has 13 heavy (non-hydrogen) atoms. The van der Waals surface area contributed by atoms with Crippen LogP contribution < -0.4 is 5.46 Å². The van der Waals surface area contributed by atoms with Gasteiger partial charge in [-0.2, -0.15) is 0 Å². The van der Waals surface area contributed by atoms with Crippen molar-refractivity contribution < 1.29 is 0 Å². The number of benzene rings is 1. The molecule has 0 unspecified atom stereocenters. The molecule has 65 valence electrons. The Bertz CT molecular complexity index is 366. The Morgan fingerprint density at radius 1 is 1.31 bits per heavy atom. The molecule has 0 saturated carbocycles. The van der Waals surface area contributed by atoms with E-state index in [0.717, 1.165) is 5.69 Å². The number of aliphatic imine (C=N–C) groups is 1. The fraction of sp³-hybridized carbons (Fsp3) is 0.364. The zero-order chi connectivity index (χ0) is 9.42. The summed E-state index contributed by atoms with van der Waals surface area (Å²) in [4.78, 5) is 4.61. The van der Waals surface area contributed by atoms with Crippen LogP contribution in [0.1, 0.15) is 19.4 Å². The molecule has 1 heterocycles. The largest absolute Gasteiger partial charge is 0.268 e. The summed E-state index contributed by atoms with van der Waals surface area (Å²) in [5.41, 5.74) is 4.89. The van der Waals surface area contributed by atoms with E-state index in [1.165, 1.54) is 16.6 Å². The molecule has 2 rings (SSSR count). The first-order chi connectivity index (χ1) is 6.18. The van der Waals surface area contributed by atoms with Gasteiger partial charge in [0, 0.05) is 0 Å². The molecule has 0 aliphatic carbocycles. The number of fused-ring (bicyclic) bond motifs is 1. The monoisotopic (exact) mass is 170 g/mol. The molecule has 0 aromatic heterocycles. The Kier molecular flexibility index (Phi) is 1.99. The summed E-state index contributed by atoms with van der Waals surface area (Å²) < 4.78 is 0. The highest BCUT2D eigenvalue weighted by Gasteiger charge is 2.18. The van der Waals surface area contributed by atoms with E-state index in [4.69, 9.17) is 0 Å². The topological polar surface area (TPSA) is 12.4 Å². The maximum atomic E-state index is 4.61. The fourth-order valence-corrected chi connectivity index (χ4v) is 1.57. The molecule has 0 saturated heterocycles. The molecule has 2 heteroatoms. The van der Waals surface area contributed by atoms with E-state index in [1.807, 2.05) is 0 Å².